The minimum Gasteiger partial charge on any atom is -0.462 e. The number of fused-ring (bicyclic) bond motifs is 1. The predicted molar refractivity (Wildman–Crippen MR) is 152 cm³/mol. The Hall–Kier alpha value is -4.01. The van der Waals surface area contributed by atoms with Crippen LogP contribution in [0.3, 0.4) is 0 Å². The van der Waals surface area contributed by atoms with Crippen molar-refractivity contribution in [1.29, 1.82) is 0 Å². The summed E-state index contributed by atoms with van der Waals surface area (Å²) in [5.74, 6) is 0.690. The molecule has 0 bridgehead atoms. The topological polar surface area (TPSA) is 94.6 Å². The molecule has 1 amide bonds. The maximum atomic E-state index is 14.1. The van der Waals surface area contributed by atoms with Crippen molar-refractivity contribution in [3.05, 3.63) is 60.6 Å². The molecule has 0 spiro atoms. The van der Waals surface area contributed by atoms with E-state index in [1.165, 1.54) is 0 Å². The van der Waals surface area contributed by atoms with Gasteiger partial charge in [-0.05, 0) is 69.6 Å². The summed E-state index contributed by atoms with van der Waals surface area (Å²) in [7, 11) is 0. The molecule has 4 aromatic rings. The molecular formula is C31H36N6O3. The normalized spacial score (nSPS) is 19.6. The molecule has 0 aliphatic heterocycles. The van der Waals surface area contributed by atoms with Crippen molar-refractivity contribution in [1.82, 2.24) is 24.4 Å². The van der Waals surface area contributed by atoms with Gasteiger partial charge in [-0.3, -0.25) is 9.69 Å². The van der Waals surface area contributed by atoms with E-state index in [4.69, 9.17) is 9.84 Å². The van der Waals surface area contributed by atoms with Crippen LogP contribution in [0.2, 0.25) is 0 Å². The van der Waals surface area contributed by atoms with E-state index >= 15 is 0 Å². The predicted octanol–water partition coefficient (Wildman–Crippen LogP) is 5.86. The SMILES string of the molecule is CCOC(=O)c1cn(-c2ccc(-c3cc4ncccn4n3)cc2)nc1N(C(=O)C1CCC(C)CC1)C1CCCC1. The molecule has 0 N–H and O–H groups in total. The number of anilines is 1. The van der Waals surface area contributed by atoms with E-state index in [0.717, 1.165) is 74.0 Å². The largest absolute Gasteiger partial charge is 0.462 e. The molecule has 208 valence electrons. The molecule has 1 aromatic carbocycles. The quantitative estimate of drug-likeness (QED) is 0.273. The smallest absolute Gasteiger partial charge is 0.343 e. The fourth-order valence-electron chi connectivity index (χ4n) is 6.11. The molecule has 9 heteroatoms. The second-order valence-electron chi connectivity index (χ2n) is 11.1. The molecule has 2 saturated carbocycles. The van der Waals surface area contributed by atoms with Crippen molar-refractivity contribution in [3.63, 3.8) is 0 Å². The Labute approximate surface area is 234 Å². The summed E-state index contributed by atoms with van der Waals surface area (Å²) in [6.45, 7) is 4.30. The summed E-state index contributed by atoms with van der Waals surface area (Å²) >= 11 is 0. The molecule has 2 aliphatic carbocycles. The number of hydrogen-bond donors (Lipinski definition) is 0. The molecule has 0 saturated heterocycles. The molecule has 3 heterocycles. The Morgan fingerprint density at radius 3 is 2.48 bits per heavy atom. The molecular weight excluding hydrogens is 504 g/mol. The molecule has 0 unspecified atom stereocenters. The third-order valence-electron chi connectivity index (χ3n) is 8.37. The number of ether oxygens (including phenoxy) is 1. The van der Waals surface area contributed by atoms with Crippen molar-refractivity contribution in [3.8, 4) is 16.9 Å². The third kappa shape index (κ3) is 5.12. The van der Waals surface area contributed by atoms with Crippen LogP contribution in [0.25, 0.3) is 22.6 Å². The van der Waals surface area contributed by atoms with Crippen molar-refractivity contribution in [2.45, 2.75) is 71.3 Å². The number of carbonyl (C=O) groups excluding carboxylic acids is 2. The van der Waals surface area contributed by atoms with E-state index in [0.29, 0.717) is 17.3 Å². The number of hydrogen-bond acceptors (Lipinski definition) is 6. The average molecular weight is 541 g/mol. The van der Waals surface area contributed by atoms with E-state index < -0.39 is 5.97 Å². The highest BCUT2D eigenvalue weighted by molar-refractivity contribution is 6.02. The van der Waals surface area contributed by atoms with E-state index in [1.54, 1.807) is 28.5 Å². The molecule has 0 atom stereocenters. The first kappa shape index (κ1) is 26.2. The minimum atomic E-state index is -0.453. The molecule has 0 radical (unpaired) electrons. The number of nitrogens with zero attached hydrogens (tertiary/aromatic N) is 6. The van der Waals surface area contributed by atoms with Gasteiger partial charge in [0.25, 0.3) is 0 Å². The van der Waals surface area contributed by atoms with Gasteiger partial charge in [0, 0.05) is 42.2 Å². The number of benzene rings is 1. The van der Waals surface area contributed by atoms with E-state index in [9.17, 15) is 9.59 Å². The van der Waals surface area contributed by atoms with Gasteiger partial charge >= 0.3 is 5.97 Å². The van der Waals surface area contributed by atoms with Crippen LogP contribution in [0, 0.1) is 11.8 Å². The van der Waals surface area contributed by atoms with Gasteiger partial charge in [-0.2, -0.15) is 5.10 Å². The highest BCUT2D eigenvalue weighted by Gasteiger charge is 2.38. The lowest BCUT2D eigenvalue weighted by Crippen LogP contribution is -2.44. The lowest BCUT2D eigenvalue weighted by molar-refractivity contribution is -0.124. The Kier molecular flexibility index (Phi) is 7.36. The van der Waals surface area contributed by atoms with Crippen molar-refractivity contribution < 1.29 is 14.3 Å². The van der Waals surface area contributed by atoms with Crippen molar-refractivity contribution >= 4 is 23.3 Å². The molecule has 2 fully saturated rings. The third-order valence-corrected chi connectivity index (χ3v) is 8.37. The summed E-state index contributed by atoms with van der Waals surface area (Å²) in [4.78, 5) is 33.4. The van der Waals surface area contributed by atoms with Crippen LogP contribution in [0.4, 0.5) is 5.82 Å². The molecule has 40 heavy (non-hydrogen) atoms. The standard InChI is InChI=1S/C31H36N6O3/c1-3-40-31(39)26-20-36(24-15-13-22(14-16-24)27-19-28-32-17-6-18-35(28)33-27)34-29(26)37(25-7-4-5-8-25)30(38)23-11-9-21(2)10-12-23/h6,13-21,23,25H,3-5,7-12H2,1-2H3. The maximum absolute atomic E-state index is 14.1. The van der Waals surface area contributed by atoms with Gasteiger partial charge in [0.2, 0.25) is 5.91 Å². The Morgan fingerprint density at radius 1 is 1.02 bits per heavy atom. The molecule has 3 aromatic heterocycles. The van der Waals surface area contributed by atoms with E-state index in [2.05, 4.69) is 17.0 Å². The Morgan fingerprint density at radius 2 is 1.77 bits per heavy atom. The first-order valence-corrected chi connectivity index (χ1v) is 14.5. The van der Waals surface area contributed by atoms with Crippen LogP contribution in [-0.2, 0) is 9.53 Å². The molecule has 2 aliphatic rings. The fraction of sp³-hybridized carbons (Fsp3) is 0.452. The van der Waals surface area contributed by atoms with Gasteiger partial charge in [0.15, 0.2) is 11.5 Å². The average Bonchev–Trinajstić information content (AvgIpc) is 3.74. The van der Waals surface area contributed by atoms with E-state index in [-0.39, 0.29) is 24.5 Å². The van der Waals surface area contributed by atoms with Crippen LogP contribution in [0.1, 0.15) is 75.6 Å². The summed E-state index contributed by atoms with van der Waals surface area (Å²) in [6.07, 6.45) is 13.2. The van der Waals surface area contributed by atoms with E-state index in [1.807, 2.05) is 47.5 Å². The van der Waals surface area contributed by atoms with Gasteiger partial charge in [0.1, 0.15) is 5.56 Å². The zero-order valence-corrected chi connectivity index (χ0v) is 23.2. The van der Waals surface area contributed by atoms with Crippen LogP contribution >= 0.6 is 0 Å². The zero-order valence-electron chi connectivity index (χ0n) is 23.2. The van der Waals surface area contributed by atoms with Crippen LogP contribution in [-0.4, -0.2) is 48.9 Å². The van der Waals surface area contributed by atoms with Crippen molar-refractivity contribution in [2.24, 2.45) is 11.8 Å². The van der Waals surface area contributed by atoms with Crippen LogP contribution in [0.5, 0.6) is 0 Å². The summed E-state index contributed by atoms with van der Waals surface area (Å²) in [6, 6.07) is 11.7. The number of esters is 1. The highest BCUT2D eigenvalue weighted by Crippen LogP contribution is 2.36. The molecule has 9 nitrogen and oxygen atoms in total. The summed E-state index contributed by atoms with van der Waals surface area (Å²) in [5, 5.41) is 9.50. The van der Waals surface area contributed by atoms with Gasteiger partial charge in [-0.15, -0.1) is 5.10 Å². The zero-order chi connectivity index (χ0) is 27.6. The highest BCUT2D eigenvalue weighted by atomic mass is 16.5. The van der Waals surface area contributed by atoms with Crippen LogP contribution < -0.4 is 4.90 Å². The number of carbonyl (C=O) groups is 2. The second-order valence-corrected chi connectivity index (χ2v) is 11.1. The summed E-state index contributed by atoms with van der Waals surface area (Å²) in [5.41, 5.74) is 3.66. The first-order valence-electron chi connectivity index (χ1n) is 14.5. The fourth-order valence-corrected chi connectivity index (χ4v) is 6.11. The number of aromatic nitrogens is 5. The maximum Gasteiger partial charge on any atom is 0.343 e. The van der Waals surface area contributed by atoms with Gasteiger partial charge in [-0.25, -0.2) is 19.0 Å². The molecule has 6 rings (SSSR count). The van der Waals surface area contributed by atoms with Gasteiger partial charge in [-0.1, -0.05) is 31.9 Å². The van der Waals surface area contributed by atoms with Gasteiger partial charge in [0.05, 0.1) is 18.0 Å². The Balaban J connectivity index is 1.35. The lowest BCUT2D eigenvalue weighted by atomic mass is 9.82. The van der Waals surface area contributed by atoms with Crippen LogP contribution in [0.15, 0.2) is 55.0 Å². The number of amides is 1. The Bertz CT molecular complexity index is 1460. The monoisotopic (exact) mass is 540 g/mol. The lowest BCUT2D eigenvalue weighted by Gasteiger charge is -2.34. The second kappa shape index (κ2) is 11.2. The van der Waals surface area contributed by atoms with Crippen molar-refractivity contribution in [2.75, 3.05) is 11.5 Å². The number of rotatable bonds is 7. The first-order chi connectivity index (χ1) is 19.5. The summed E-state index contributed by atoms with van der Waals surface area (Å²) < 4.78 is 8.86. The minimum absolute atomic E-state index is 0.0313. The van der Waals surface area contributed by atoms with Gasteiger partial charge < -0.3 is 4.74 Å².